The highest BCUT2D eigenvalue weighted by atomic mass is 32.1. The maximum absolute atomic E-state index is 12.6. The largest absolute Gasteiger partial charge is 0.416 e. The summed E-state index contributed by atoms with van der Waals surface area (Å²) in [5, 5.41) is 13.5. The van der Waals surface area contributed by atoms with E-state index in [0.717, 1.165) is 29.8 Å². The maximum Gasteiger partial charge on any atom is 0.416 e. The molecule has 1 amide bonds. The van der Waals surface area contributed by atoms with Gasteiger partial charge in [0.15, 0.2) is 0 Å². The van der Waals surface area contributed by atoms with Crippen LogP contribution in [-0.2, 0) is 6.18 Å². The van der Waals surface area contributed by atoms with Crippen molar-refractivity contribution in [2.75, 3.05) is 5.32 Å². The second kappa shape index (κ2) is 6.12. The first-order valence-corrected chi connectivity index (χ1v) is 7.86. The van der Waals surface area contributed by atoms with Crippen LogP contribution in [0.5, 0.6) is 0 Å². The molecule has 1 aromatic carbocycles. The first kappa shape index (κ1) is 16.3. The third-order valence-electron chi connectivity index (χ3n) is 3.45. The minimum Gasteiger partial charge on any atom is -0.319 e. The Bertz CT molecular complexity index is 852. The Morgan fingerprint density at radius 1 is 1.21 bits per heavy atom. The third-order valence-corrected chi connectivity index (χ3v) is 4.14. The average molecular weight is 351 g/mol. The van der Waals surface area contributed by atoms with Crippen LogP contribution in [0.25, 0.3) is 11.3 Å². The molecule has 124 valence electrons. The highest BCUT2D eigenvalue weighted by Gasteiger charge is 2.30. The lowest BCUT2D eigenvalue weighted by Gasteiger charge is -2.09. The molecule has 0 fully saturated rings. The molecule has 0 saturated heterocycles. The van der Waals surface area contributed by atoms with Gasteiger partial charge in [0.1, 0.15) is 5.69 Å². The number of H-pyrrole nitrogens is 1. The summed E-state index contributed by atoms with van der Waals surface area (Å²) in [7, 11) is 0. The van der Waals surface area contributed by atoms with Gasteiger partial charge in [-0.05, 0) is 42.6 Å². The smallest absolute Gasteiger partial charge is 0.319 e. The number of carbonyl (C=O) groups excluding carboxylic acids is 1. The fourth-order valence-electron chi connectivity index (χ4n) is 2.19. The zero-order chi connectivity index (χ0) is 17.3. The number of aromatic amines is 1. The zero-order valence-corrected chi connectivity index (χ0v) is 13.3. The van der Waals surface area contributed by atoms with E-state index < -0.39 is 17.6 Å². The number of anilines is 1. The van der Waals surface area contributed by atoms with Crippen molar-refractivity contribution in [1.29, 1.82) is 0 Å². The van der Waals surface area contributed by atoms with E-state index in [2.05, 4.69) is 15.5 Å². The summed E-state index contributed by atoms with van der Waals surface area (Å²) in [4.78, 5) is 12.3. The summed E-state index contributed by atoms with van der Waals surface area (Å²) in [5.41, 5.74) is 1.97. The second-order valence-corrected chi connectivity index (χ2v) is 5.89. The molecule has 2 N–H and O–H groups in total. The number of rotatable bonds is 3. The Balaban J connectivity index is 1.84. The van der Waals surface area contributed by atoms with Crippen molar-refractivity contribution in [3.8, 4) is 11.3 Å². The topological polar surface area (TPSA) is 57.8 Å². The number of aryl methyl sites for hydroxylation is 1. The van der Waals surface area contributed by atoms with Crippen LogP contribution in [-0.4, -0.2) is 16.1 Å². The second-order valence-electron chi connectivity index (χ2n) is 5.11. The van der Waals surface area contributed by atoms with Crippen molar-refractivity contribution in [1.82, 2.24) is 10.2 Å². The summed E-state index contributed by atoms with van der Waals surface area (Å²) in [6, 6.07) is 5.94. The highest BCUT2D eigenvalue weighted by molar-refractivity contribution is 7.08. The fourth-order valence-corrected chi connectivity index (χ4v) is 2.83. The van der Waals surface area contributed by atoms with Crippen LogP contribution in [0.4, 0.5) is 18.9 Å². The van der Waals surface area contributed by atoms with Gasteiger partial charge in [-0.3, -0.25) is 9.89 Å². The lowest BCUT2D eigenvalue weighted by molar-refractivity contribution is -0.137. The maximum atomic E-state index is 12.6. The van der Waals surface area contributed by atoms with Crippen LogP contribution < -0.4 is 5.32 Å². The molecule has 2 aromatic heterocycles. The van der Waals surface area contributed by atoms with Gasteiger partial charge in [-0.2, -0.15) is 29.6 Å². The van der Waals surface area contributed by atoms with Gasteiger partial charge in [0.05, 0.1) is 16.9 Å². The zero-order valence-electron chi connectivity index (χ0n) is 12.4. The molecule has 0 aliphatic rings. The van der Waals surface area contributed by atoms with Crippen molar-refractivity contribution in [2.45, 2.75) is 13.1 Å². The van der Waals surface area contributed by atoms with E-state index >= 15 is 0 Å². The van der Waals surface area contributed by atoms with Crippen LogP contribution >= 0.6 is 11.3 Å². The van der Waals surface area contributed by atoms with Gasteiger partial charge < -0.3 is 5.32 Å². The quantitative estimate of drug-likeness (QED) is 0.717. The van der Waals surface area contributed by atoms with Gasteiger partial charge in [-0.25, -0.2) is 0 Å². The molecule has 24 heavy (non-hydrogen) atoms. The predicted molar refractivity (Wildman–Crippen MR) is 86.0 cm³/mol. The molecule has 0 aliphatic heterocycles. The van der Waals surface area contributed by atoms with E-state index in [1.807, 2.05) is 16.8 Å². The highest BCUT2D eigenvalue weighted by Crippen LogP contribution is 2.31. The molecular formula is C16H12F3N3OS. The summed E-state index contributed by atoms with van der Waals surface area (Å²) in [6.45, 7) is 1.76. The number of hydrogen-bond acceptors (Lipinski definition) is 3. The number of nitrogens with zero attached hydrogens (tertiary/aromatic N) is 1. The minimum atomic E-state index is -4.43. The van der Waals surface area contributed by atoms with Crippen molar-refractivity contribution in [2.24, 2.45) is 0 Å². The molecule has 2 heterocycles. The molecule has 0 aliphatic carbocycles. The first-order chi connectivity index (χ1) is 11.4. The third kappa shape index (κ3) is 3.18. The first-order valence-electron chi connectivity index (χ1n) is 6.92. The van der Waals surface area contributed by atoms with Crippen LogP contribution in [0.15, 0.2) is 41.1 Å². The average Bonchev–Trinajstić information content (AvgIpc) is 3.17. The molecule has 0 spiro atoms. The van der Waals surface area contributed by atoms with Gasteiger partial charge >= 0.3 is 6.18 Å². The molecular weight excluding hydrogens is 339 g/mol. The van der Waals surface area contributed by atoms with E-state index in [9.17, 15) is 18.0 Å². The molecule has 8 heteroatoms. The number of carbonyl (C=O) groups is 1. The summed E-state index contributed by atoms with van der Waals surface area (Å²) < 4.78 is 37.7. The van der Waals surface area contributed by atoms with E-state index in [1.54, 1.807) is 6.92 Å². The number of thiophene rings is 1. The van der Waals surface area contributed by atoms with Crippen molar-refractivity contribution in [3.05, 3.63) is 57.9 Å². The Hall–Kier alpha value is -2.61. The minimum absolute atomic E-state index is 0.139. The van der Waals surface area contributed by atoms with Crippen LogP contribution in [0.1, 0.15) is 21.6 Å². The van der Waals surface area contributed by atoms with Gasteiger partial charge in [0.25, 0.3) is 5.91 Å². The number of benzene rings is 1. The number of amides is 1. The molecule has 0 unspecified atom stereocenters. The summed E-state index contributed by atoms with van der Waals surface area (Å²) in [5.74, 6) is -0.496. The molecule has 0 bridgehead atoms. The normalized spacial score (nSPS) is 11.5. The van der Waals surface area contributed by atoms with Crippen molar-refractivity contribution in [3.63, 3.8) is 0 Å². The lowest BCUT2D eigenvalue weighted by atomic mass is 10.1. The van der Waals surface area contributed by atoms with Gasteiger partial charge in [-0.1, -0.05) is 0 Å². The number of halogens is 3. The Kier molecular flexibility index (Phi) is 4.15. The van der Waals surface area contributed by atoms with E-state index in [-0.39, 0.29) is 5.56 Å². The monoisotopic (exact) mass is 351 g/mol. The molecule has 3 aromatic rings. The van der Waals surface area contributed by atoms with Crippen LogP contribution in [0, 0.1) is 6.92 Å². The lowest BCUT2D eigenvalue weighted by Crippen LogP contribution is -2.13. The van der Waals surface area contributed by atoms with Crippen molar-refractivity contribution >= 4 is 22.9 Å². The summed E-state index contributed by atoms with van der Waals surface area (Å²) in [6.07, 6.45) is -4.43. The van der Waals surface area contributed by atoms with E-state index in [0.29, 0.717) is 17.1 Å². The van der Waals surface area contributed by atoms with Gasteiger partial charge in [-0.15, -0.1) is 0 Å². The number of hydrogen-bond donors (Lipinski definition) is 2. The summed E-state index contributed by atoms with van der Waals surface area (Å²) >= 11 is 1.50. The predicted octanol–water partition coefficient (Wildman–Crippen LogP) is 4.72. The number of alkyl halides is 3. The van der Waals surface area contributed by atoms with Gasteiger partial charge in [0.2, 0.25) is 0 Å². The number of aromatic nitrogens is 2. The van der Waals surface area contributed by atoms with E-state index in [1.165, 1.54) is 11.3 Å². The standard InChI is InChI=1S/C16H12F3N3OS/c1-9-13(14(22-21-9)11-6-7-24-8-11)20-15(23)10-2-4-12(5-3-10)16(17,18)19/h2-8H,1H3,(H,20,23)(H,21,22). The SMILES string of the molecule is Cc1[nH]nc(-c2ccsc2)c1NC(=O)c1ccc(C(F)(F)F)cc1. The van der Waals surface area contributed by atoms with Crippen LogP contribution in [0.2, 0.25) is 0 Å². The molecule has 0 saturated carbocycles. The number of nitrogens with one attached hydrogen (secondary N) is 2. The fraction of sp³-hybridized carbons (Fsp3) is 0.125. The Labute approximate surface area is 139 Å². The Morgan fingerprint density at radius 3 is 2.50 bits per heavy atom. The Morgan fingerprint density at radius 2 is 1.92 bits per heavy atom. The molecule has 0 atom stereocenters. The van der Waals surface area contributed by atoms with Crippen LogP contribution in [0.3, 0.4) is 0 Å². The van der Waals surface area contributed by atoms with Gasteiger partial charge in [0, 0.05) is 16.5 Å². The van der Waals surface area contributed by atoms with Crippen molar-refractivity contribution < 1.29 is 18.0 Å². The van der Waals surface area contributed by atoms with E-state index in [4.69, 9.17) is 0 Å². The molecule has 3 rings (SSSR count). The molecule has 4 nitrogen and oxygen atoms in total. The molecule has 0 radical (unpaired) electrons.